The average molecular weight is 163 g/mol. The maximum absolute atomic E-state index is 5.70. The molecule has 1 aromatic carbocycles. The van der Waals surface area contributed by atoms with E-state index >= 15 is 0 Å². The maximum Gasteiger partial charge on any atom is 0.155 e. The summed E-state index contributed by atoms with van der Waals surface area (Å²) in [5, 5.41) is 7.26. The standard InChI is InChI=1S/C7H9N5/c8-3-1-2-4-5(6(3)9)7(10)12-11-4/h1-2H,8-9H2,(H3,10,11,12). The summed E-state index contributed by atoms with van der Waals surface area (Å²) in [6.07, 6.45) is 0. The summed E-state index contributed by atoms with van der Waals surface area (Å²) in [6, 6.07) is 3.51. The summed E-state index contributed by atoms with van der Waals surface area (Å²) < 4.78 is 0. The van der Waals surface area contributed by atoms with Gasteiger partial charge in [0.1, 0.15) is 0 Å². The maximum atomic E-state index is 5.70. The third-order valence-electron chi connectivity index (χ3n) is 1.83. The number of fused-ring (bicyclic) bond motifs is 1. The molecule has 1 aromatic heterocycles. The van der Waals surface area contributed by atoms with Crippen LogP contribution in [0, 0.1) is 0 Å². The van der Waals surface area contributed by atoms with Gasteiger partial charge in [0.15, 0.2) is 5.82 Å². The zero-order valence-corrected chi connectivity index (χ0v) is 6.33. The lowest BCUT2D eigenvalue weighted by atomic mass is 10.2. The van der Waals surface area contributed by atoms with Crippen molar-refractivity contribution in [3.05, 3.63) is 12.1 Å². The molecule has 0 spiro atoms. The second-order valence-electron chi connectivity index (χ2n) is 2.60. The van der Waals surface area contributed by atoms with Crippen molar-refractivity contribution in [3.63, 3.8) is 0 Å². The molecule has 0 saturated carbocycles. The van der Waals surface area contributed by atoms with E-state index in [0.717, 1.165) is 5.52 Å². The average Bonchev–Trinajstić information content (AvgIpc) is 2.41. The van der Waals surface area contributed by atoms with E-state index in [9.17, 15) is 0 Å². The first-order valence-electron chi connectivity index (χ1n) is 3.47. The summed E-state index contributed by atoms with van der Waals surface area (Å²) in [6.45, 7) is 0. The summed E-state index contributed by atoms with van der Waals surface area (Å²) in [4.78, 5) is 0. The fourth-order valence-corrected chi connectivity index (χ4v) is 1.18. The van der Waals surface area contributed by atoms with Crippen molar-refractivity contribution >= 4 is 28.1 Å². The first-order valence-corrected chi connectivity index (χ1v) is 3.47. The smallest absolute Gasteiger partial charge is 0.155 e. The highest BCUT2D eigenvalue weighted by Crippen LogP contribution is 2.28. The van der Waals surface area contributed by atoms with Crippen LogP contribution in [0.4, 0.5) is 17.2 Å². The zero-order valence-electron chi connectivity index (χ0n) is 6.33. The molecule has 12 heavy (non-hydrogen) atoms. The number of rotatable bonds is 0. The van der Waals surface area contributed by atoms with Gasteiger partial charge in [-0.3, -0.25) is 5.10 Å². The van der Waals surface area contributed by atoms with Crippen molar-refractivity contribution in [2.45, 2.75) is 0 Å². The molecule has 0 radical (unpaired) electrons. The molecule has 0 unspecified atom stereocenters. The minimum absolute atomic E-state index is 0.384. The van der Waals surface area contributed by atoms with Crippen molar-refractivity contribution in [1.82, 2.24) is 10.2 Å². The number of H-pyrrole nitrogens is 1. The Labute approximate surface area is 68.5 Å². The molecular weight excluding hydrogens is 154 g/mol. The Morgan fingerprint density at radius 3 is 2.67 bits per heavy atom. The van der Waals surface area contributed by atoms with E-state index in [4.69, 9.17) is 17.2 Å². The second kappa shape index (κ2) is 2.04. The Kier molecular flexibility index (Phi) is 1.15. The molecule has 0 bridgehead atoms. The van der Waals surface area contributed by atoms with E-state index in [1.165, 1.54) is 0 Å². The van der Waals surface area contributed by atoms with Crippen LogP contribution in [0.15, 0.2) is 12.1 Å². The fourth-order valence-electron chi connectivity index (χ4n) is 1.18. The third-order valence-corrected chi connectivity index (χ3v) is 1.83. The highest BCUT2D eigenvalue weighted by atomic mass is 15.2. The SMILES string of the molecule is Nc1ccc2[nH]nc(N)c2c1N. The molecule has 1 heterocycles. The number of nitrogens with one attached hydrogen (secondary N) is 1. The molecule has 62 valence electrons. The number of aromatic nitrogens is 2. The Balaban J connectivity index is 2.96. The van der Waals surface area contributed by atoms with E-state index in [-0.39, 0.29) is 0 Å². The van der Waals surface area contributed by atoms with E-state index in [0.29, 0.717) is 22.6 Å². The minimum atomic E-state index is 0.384. The molecule has 0 aliphatic heterocycles. The quantitative estimate of drug-likeness (QED) is 0.419. The number of nitrogens with zero attached hydrogens (tertiary/aromatic N) is 1. The van der Waals surface area contributed by atoms with E-state index in [1.54, 1.807) is 12.1 Å². The Hall–Kier alpha value is -1.91. The van der Waals surface area contributed by atoms with Gasteiger partial charge in [0, 0.05) is 0 Å². The van der Waals surface area contributed by atoms with Crippen LogP contribution in [0.5, 0.6) is 0 Å². The Bertz CT molecular complexity index is 431. The normalized spacial score (nSPS) is 10.7. The molecule has 5 nitrogen and oxygen atoms in total. The predicted molar refractivity (Wildman–Crippen MR) is 49.3 cm³/mol. The third kappa shape index (κ3) is 0.701. The van der Waals surface area contributed by atoms with Crippen molar-refractivity contribution in [1.29, 1.82) is 0 Å². The van der Waals surface area contributed by atoms with E-state index in [2.05, 4.69) is 10.2 Å². The largest absolute Gasteiger partial charge is 0.397 e. The molecular formula is C7H9N5. The van der Waals surface area contributed by atoms with Crippen LogP contribution < -0.4 is 17.2 Å². The monoisotopic (exact) mass is 163 g/mol. The molecule has 0 aliphatic rings. The summed E-state index contributed by atoms with van der Waals surface area (Å²) >= 11 is 0. The molecule has 0 atom stereocenters. The van der Waals surface area contributed by atoms with Gasteiger partial charge in [-0.15, -0.1) is 0 Å². The summed E-state index contributed by atoms with van der Waals surface area (Å²) in [7, 11) is 0. The van der Waals surface area contributed by atoms with Crippen LogP contribution in [0.3, 0.4) is 0 Å². The molecule has 0 aliphatic carbocycles. The molecule has 2 aromatic rings. The van der Waals surface area contributed by atoms with Gasteiger partial charge in [-0.2, -0.15) is 5.10 Å². The molecule has 0 saturated heterocycles. The Morgan fingerprint density at radius 1 is 1.17 bits per heavy atom. The highest BCUT2D eigenvalue weighted by Gasteiger charge is 2.07. The van der Waals surface area contributed by atoms with Crippen LogP contribution >= 0.6 is 0 Å². The number of nitrogens with two attached hydrogens (primary N) is 3. The van der Waals surface area contributed by atoms with Gasteiger partial charge in [0.2, 0.25) is 0 Å². The second-order valence-corrected chi connectivity index (χ2v) is 2.60. The van der Waals surface area contributed by atoms with Crippen molar-refractivity contribution < 1.29 is 0 Å². The zero-order chi connectivity index (χ0) is 8.72. The van der Waals surface area contributed by atoms with E-state index < -0.39 is 0 Å². The number of benzene rings is 1. The molecule has 0 fully saturated rings. The van der Waals surface area contributed by atoms with Gasteiger partial charge < -0.3 is 17.2 Å². The number of hydrogen-bond acceptors (Lipinski definition) is 4. The van der Waals surface area contributed by atoms with E-state index in [1.807, 2.05) is 0 Å². The van der Waals surface area contributed by atoms with Crippen LogP contribution in [-0.4, -0.2) is 10.2 Å². The van der Waals surface area contributed by atoms with Gasteiger partial charge in [0.25, 0.3) is 0 Å². The topological polar surface area (TPSA) is 107 Å². The lowest BCUT2D eigenvalue weighted by molar-refractivity contribution is 1.13. The lowest BCUT2D eigenvalue weighted by Gasteiger charge is -1.99. The van der Waals surface area contributed by atoms with Crippen molar-refractivity contribution in [2.75, 3.05) is 17.2 Å². The first-order chi connectivity index (χ1) is 5.70. The van der Waals surface area contributed by atoms with Gasteiger partial charge in [-0.25, -0.2) is 0 Å². The van der Waals surface area contributed by atoms with Crippen LogP contribution in [-0.2, 0) is 0 Å². The molecule has 5 heteroatoms. The van der Waals surface area contributed by atoms with Crippen LogP contribution in [0.2, 0.25) is 0 Å². The summed E-state index contributed by atoms with van der Waals surface area (Å²) in [5.41, 5.74) is 18.7. The molecule has 7 N–H and O–H groups in total. The number of aromatic amines is 1. The van der Waals surface area contributed by atoms with Crippen LogP contribution in [0.1, 0.15) is 0 Å². The summed E-state index contributed by atoms with van der Waals surface area (Å²) in [5.74, 6) is 0.384. The van der Waals surface area contributed by atoms with Crippen molar-refractivity contribution in [2.24, 2.45) is 0 Å². The molecule has 2 rings (SSSR count). The van der Waals surface area contributed by atoms with Gasteiger partial charge >= 0.3 is 0 Å². The predicted octanol–water partition coefficient (Wildman–Crippen LogP) is 0.310. The highest BCUT2D eigenvalue weighted by molar-refractivity contribution is 6.02. The van der Waals surface area contributed by atoms with Gasteiger partial charge in [0.05, 0.1) is 22.3 Å². The fraction of sp³-hybridized carbons (Fsp3) is 0. The van der Waals surface area contributed by atoms with Crippen molar-refractivity contribution in [3.8, 4) is 0 Å². The Morgan fingerprint density at radius 2 is 1.92 bits per heavy atom. The van der Waals surface area contributed by atoms with Gasteiger partial charge in [-0.1, -0.05) is 0 Å². The number of hydrogen-bond donors (Lipinski definition) is 4. The molecule has 0 amide bonds. The van der Waals surface area contributed by atoms with Gasteiger partial charge in [-0.05, 0) is 12.1 Å². The number of anilines is 3. The minimum Gasteiger partial charge on any atom is -0.397 e. The van der Waals surface area contributed by atoms with Crippen LogP contribution in [0.25, 0.3) is 10.9 Å². The number of nitrogen functional groups attached to an aromatic ring is 3. The lowest BCUT2D eigenvalue weighted by Crippen LogP contribution is -1.95. The first kappa shape index (κ1) is 6.78.